The van der Waals surface area contributed by atoms with Crippen molar-refractivity contribution in [3.63, 3.8) is 0 Å². The molecule has 1 aromatic carbocycles. The third kappa shape index (κ3) is 0.936. The number of benzene rings is 1. The average Bonchev–Trinajstić information content (AvgIpc) is 1.90. The van der Waals surface area contributed by atoms with Crippen LogP contribution in [0, 0.1) is 0 Å². The normalized spacial score (nSPS) is 8.50. The minimum atomic E-state index is 0.729. The standard InChI is InChI=1S/C7H6O/c8-6-7-4-2-1-3-5-7/h1-6H/i6+2. The molecule has 0 saturated heterocycles. The lowest BCUT2D eigenvalue weighted by atomic mass is 10.3. The fourth-order valence-corrected chi connectivity index (χ4v) is 0.532. The first-order valence-corrected chi connectivity index (χ1v) is 2.44. The Bertz CT molecular complexity index is 167. The Morgan fingerprint density at radius 2 is 1.75 bits per heavy atom. The van der Waals surface area contributed by atoms with Gasteiger partial charge in [-0.25, -0.2) is 0 Å². The highest BCUT2D eigenvalue weighted by atomic mass is 16.3. The molecule has 0 fully saturated rings. The van der Waals surface area contributed by atoms with Crippen LogP contribution in [0.15, 0.2) is 30.3 Å². The van der Waals surface area contributed by atoms with Crippen molar-refractivity contribution in [2.45, 2.75) is 0 Å². The maximum Gasteiger partial charge on any atom is 0.150 e. The minimum Gasteiger partial charge on any atom is -0.298 e. The number of rotatable bonds is 1. The molecule has 0 aliphatic rings. The van der Waals surface area contributed by atoms with E-state index < -0.39 is 0 Å². The molecule has 0 spiro atoms. The topological polar surface area (TPSA) is 17.1 Å². The summed E-state index contributed by atoms with van der Waals surface area (Å²) in [5.41, 5.74) is 0.729. The fourth-order valence-electron chi connectivity index (χ4n) is 0.532. The molecule has 1 heteroatoms. The van der Waals surface area contributed by atoms with E-state index in [0.29, 0.717) is 0 Å². The third-order valence-corrected chi connectivity index (χ3v) is 0.936. The maximum absolute atomic E-state index is 10.0. The van der Waals surface area contributed by atoms with Crippen molar-refractivity contribution in [1.82, 2.24) is 0 Å². The van der Waals surface area contributed by atoms with Crippen molar-refractivity contribution >= 4 is 6.29 Å². The summed E-state index contributed by atoms with van der Waals surface area (Å²) in [6, 6.07) is 9.10. The summed E-state index contributed by atoms with van der Waals surface area (Å²) in [5.74, 6) is 0. The number of hydrogen-bond acceptors (Lipinski definition) is 1. The first kappa shape index (κ1) is 5.04. The maximum atomic E-state index is 10.0. The van der Waals surface area contributed by atoms with Crippen LogP contribution in [0.2, 0.25) is 0 Å². The van der Waals surface area contributed by atoms with Crippen LogP contribution in [-0.2, 0) is 0 Å². The van der Waals surface area contributed by atoms with E-state index in [4.69, 9.17) is 0 Å². The van der Waals surface area contributed by atoms with Crippen molar-refractivity contribution in [3.05, 3.63) is 35.9 Å². The van der Waals surface area contributed by atoms with Crippen molar-refractivity contribution in [3.8, 4) is 0 Å². The summed E-state index contributed by atoms with van der Waals surface area (Å²) in [7, 11) is 0. The summed E-state index contributed by atoms with van der Waals surface area (Å²) >= 11 is 0. The first-order chi connectivity index (χ1) is 3.93. The number of hydrogen-bond donors (Lipinski definition) is 0. The summed E-state index contributed by atoms with van der Waals surface area (Å²) in [6.45, 7) is 0. The molecule has 0 saturated carbocycles. The molecule has 0 radical (unpaired) electrons. The summed E-state index contributed by atoms with van der Waals surface area (Å²) in [5, 5.41) is 0. The predicted molar refractivity (Wildman–Crippen MR) is 31.8 cm³/mol. The van der Waals surface area contributed by atoms with Crippen LogP contribution in [0.4, 0.5) is 0 Å². The van der Waals surface area contributed by atoms with E-state index in [0.717, 1.165) is 11.8 Å². The van der Waals surface area contributed by atoms with E-state index in [1.165, 1.54) is 0 Å². The van der Waals surface area contributed by atoms with Gasteiger partial charge in [0.2, 0.25) is 0 Å². The molecule has 8 heavy (non-hydrogen) atoms. The van der Waals surface area contributed by atoms with Gasteiger partial charge in [0.15, 0.2) is 0 Å². The quantitative estimate of drug-likeness (QED) is 0.498. The van der Waals surface area contributed by atoms with Gasteiger partial charge in [-0.3, -0.25) is 4.79 Å². The first-order valence-electron chi connectivity index (χ1n) is 2.44. The number of carbonyl (C=O) groups excluding carboxylic acids is 1. The van der Waals surface area contributed by atoms with Gasteiger partial charge in [-0.15, -0.1) is 0 Å². The van der Waals surface area contributed by atoms with Gasteiger partial charge in [0.25, 0.3) is 0 Å². The van der Waals surface area contributed by atoms with E-state index in [1.54, 1.807) is 12.1 Å². The molecule has 0 N–H and O–H groups in total. The zero-order chi connectivity index (χ0) is 5.82. The van der Waals surface area contributed by atoms with Crippen molar-refractivity contribution in [2.24, 2.45) is 0 Å². The number of aldehydes is 1. The molecule has 1 aromatic rings. The lowest BCUT2D eigenvalue weighted by molar-refractivity contribution is 0.112. The Labute approximate surface area is 48.0 Å². The van der Waals surface area contributed by atoms with Crippen LogP contribution < -0.4 is 0 Å². The SMILES string of the molecule is O=[14CH]c1ccccc1. The lowest BCUT2D eigenvalue weighted by Gasteiger charge is -1.81. The van der Waals surface area contributed by atoms with Crippen LogP contribution in [0.3, 0.4) is 0 Å². The van der Waals surface area contributed by atoms with Crippen LogP contribution in [0.25, 0.3) is 0 Å². The Morgan fingerprint density at radius 3 is 2.12 bits per heavy atom. The smallest absolute Gasteiger partial charge is 0.150 e. The van der Waals surface area contributed by atoms with Crippen LogP contribution in [-0.4, -0.2) is 6.29 Å². The molecule has 1 nitrogen and oxygen atoms in total. The molecular formula is C7H6O. The zero-order valence-electron chi connectivity index (χ0n) is 4.37. The third-order valence-electron chi connectivity index (χ3n) is 0.936. The minimum absolute atomic E-state index is 0.729. The van der Waals surface area contributed by atoms with Crippen molar-refractivity contribution in [1.29, 1.82) is 0 Å². The molecule has 0 unspecified atom stereocenters. The van der Waals surface area contributed by atoms with Gasteiger partial charge in [-0.1, -0.05) is 30.3 Å². The molecular weight excluding hydrogens is 102 g/mol. The Hall–Kier alpha value is -1.11. The molecule has 0 bridgehead atoms. The Balaban J connectivity index is 2.99. The van der Waals surface area contributed by atoms with Gasteiger partial charge < -0.3 is 0 Å². The van der Waals surface area contributed by atoms with Crippen molar-refractivity contribution in [2.75, 3.05) is 0 Å². The molecule has 40 valence electrons. The average molecular weight is 108 g/mol. The molecule has 0 aliphatic heterocycles. The lowest BCUT2D eigenvalue weighted by Crippen LogP contribution is -1.73. The summed E-state index contributed by atoms with van der Waals surface area (Å²) < 4.78 is 0. The Morgan fingerprint density at radius 1 is 1.12 bits per heavy atom. The second-order valence-corrected chi connectivity index (χ2v) is 1.53. The molecule has 1 rings (SSSR count). The molecule has 0 amide bonds. The monoisotopic (exact) mass is 108 g/mol. The van der Waals surface area contributed by atoms with Crippen LogP contribution >= 0.6 is 0 Å². The van der Waals surface area contributed by atoms with Crippen LogP contribution in [0.1, 0.15) is 10.4 Å². The largest absolute Gasteiger partial charge is 0.298 e. The van der Waals surface area contributed by atoms with E-state index in [1.807, 2.05) is 18.2 Å². The van der Waals surface area contributed by atoms with E-state index >= 15 is 0 Å². The Kier molecular flexibility index (Phi) is 1.42. The number of carbonyl (C=O) groups is 1. The summed E-state index contributed by atoms with van der Waals surface area (Å²) in [6.07, 6.45) is 0.833. The fraction of sp³-hybridized carbons (Fsp3) is 0. The second kappa shape index (κ2) is 2.26. The van der Waals surface area contributed by atoms with Crippen molar-refractivity contribution < 1.29 is 4.79 Å². The highest BCUT2D eigenvalue weighted by molar-refractivity contribution is 5.74. The highest BCUT2D eigenvalue weighted by Crippen LogP contribution is 1.91. The molecule has 0 heterocycles. The van der Waals surface area contributed by atoms with E-state index in [2.05, 4.69) is 0 Å². The molecule has 0 aromatic heterocycles. The van der Waals surface area contributed by atoms with Gasteiger partial charge in [0.05, 0.1) is 0 Å². The van der Waals surface area contributed by atoms with Crippen LogP contribution in [0.5, 0.6) is 0 Å². The van der Waals surface area contributed by atoms with Gasteiger partial charge in [-0.2, -0.15) is 0 Å². The van der Waals surface area contributed by atoms with E-state index in [9.17, 15) is 4.79 Å². The highest BCUT2D eigenvalue weighted by Gasteiger charge is 1.79. The van der Waals surface area contributed by atoms with E-state index in [-0.39, 0.29) is 0 Å². The zero-order valence-corrected chi connectivity index (χ0v) is 4.37. The molecule has 0 atom stereocenters. The van der Waals surface area contributed by atoms with Gasteiger partial charge >= 0.3 is 0 Å². The van der Waals surface area contributed by atoms with Gasteiger partial charge in [0.1, 0.15) is 6.29 Å². The molecule has 0 aliphatic carbocycles. The van der Waals surface area contributed by atoms with Gasteiger partial charge in [0, 0.05) is 5.56 Å². The summed E-state index contributed by atoms with van der Waals surface area (Å²) in [4.78, 5) is 10.0. The van der Waals surface area contributed by atoms with Gasteiger partial charge in [-0.05, 0) is 0 Å². The predicted octanol–water partition coefficient (Wildman–Crippen LogP) is 1.50. The second-order valence-electron chi connectivity index (χ2n) is 1.53.